The summed E-state index contributed by atoms with van der Waals surface area (Å²) in [5.41, 5.74) is 8.26. The zero-order valence-corrected chi connectivity index (χ0v) is 11.5. The largest absolute Gasteiger partial charge is 0.373 e. The highest BCUT2D eigenvalue weighted by atomic mass is 16.5. The van der Waals surface area contributed by atoms with Crippen molar-refractivity contribution in [2.75, 3.05) is 0 Å². The van der Waals surface area contributed by atoms with E-state index in [1.807, 2.05) is 6.07 Å². The summed E-state index contributed by atoms with van der Waals surface area (Å²) in [4.78, 5) is 4.28. The van der Waals surface area contributed by atoms with E-state index in [-0.39, 0.29) is 0 Å². The van der Waals surface area contributed by atoms with Crippen LogP contribution in [0.15, 0.2) is 18.3 Å². The van der Waals surface area contributed by atoms with Gasteiger partial charge in [-0.15, -0.1) is 0 Å². The van der Waals surface area contributed by atoms with Gasteiger partial charge in [0.1, 0.15) is 0 Å². The van der Waals surface area contributed by atoms with E-state index in [4.69, 9.17) is 10.5 Å². The second-order valence-electron chi connectivity index (χ2n) is 5.99. The molecule has 1 aliphatic carbocycles. The third-order valence-corrected chi connectivity index (χ3v) is 3.94. The first kappa shape index (κ1) is 13.5. The Hall–Kier alpha value is -0.930. The van der Waals surface area contributed by atoms with Crippen LogP contribution in [-0.4, -0.2) is 11.1 Å². The summed E-state index contributed by atoms with van der Waals surface area (Å²) in [5, 5.41) is 0. The SMILES string of the molecule is CC1(C)CCC(OCc2cccnc2CN)CC1. The van der Waals surface area contributed by atoms with E-state index in [0.717, 1.165) is 11.3 Å². The first-order chi connectivity index (χ1) is 8.61. The van der Waals surface area contributed by atoms with Crippen molar-refractivity contribution in [2.24, 2.45) is 11.1 Å². The van der Waals surface area contributed by atoms with Crippen LogP contribution in [0.5, 0.6) is 0 Å². The van der Waals surface area contributed by atoms with Gasteiger partial charge < -0.3 is 10.5 Å². The van der Waals surface area contributed by atoms with Crippen LogP contribution >= 0.6 is 0 Å². The minimum Gasteiger partial charge on any atom is -0.373 e. The molecular formula is C15H24N2O. The molecule has 1 heterocycles. The van der Waals surface area contributed by atoms with Crippen LogP contribution in [0.2, 0.25) is 0 Å². The van der Waals surface area contributed by atoms with Gasteiger partial charge in [0.25, 0.3) is 0 Å². The fourth-order valence-corrected chi connectivity index (χ4v) is 2.53. The van der Waals surface area contributed by atoms with Crippen molar-refractivity contribution in [1.29, 1.82) is 0 Å². The van der Waals surface area contributed by atoms with E-state index >= 15 is 0 Å². The average Bonchev–Trinajstić information content (AvgIpc) is 2.38. The molecule has 1 aromatic rings. The lowest BCUT2D eigenvalue weighted by Crippen LogP contribution is -2.26. The average molecular weight is 248 g/mol. The molecule has 18 heavy (non-hydrogen) atoms. The number of nitrogens with two attached hydrogens (primary N) is 1. The highest BCUT2D eigenvalue weighted by Crippen LogP contribution is 2.36. The molecule has 3 heteroatoms. The topological polar surface area (TPSA) is 48.1 Å². The molecule has 3 nitrogen and oxygen atoms in total. The number of hydrogen-bond acceptors (Lipinski definition) is 3. The normalized spacial score (nSPS) is 19.9. The van der Waals surface area contributed by atoms with E-state index in [9.17, 15) is 0 Å². The van der Waals surface area contributed by atoms with Crippen molar-refractivity contribution in [3.8, 4) is 0 Å². The standard InChI is InChI=1S/C15H24N2O/c1-15(2)7-5-13(6-8-15)18-11-12-4-3-9-17-14(12)10-16/h3-4,9,13H,5-8,10-11,16H2,1-2H3. The zero-order chi connectivity index (χ0) is 13.0. The number of ether oxygens (including phenoxy) is 1. The van der Waals surface area contributed by atoms with Crippen LogP contribution < -0.4 is 5.73 Å². The third-order valence-electron chi connectivity index (χ3n) is 3.94. The molecule has 100 valence electrons. The van der Waals surface area contributed by atoms with Gasteiger partial charge in [-0.1, -0.05) is 19.9 Å². The van der Waals surface area contributed by atoms with Gasteiger partial charge in [0.15, 0.2) is 0 Å². The molecule has 0 unspecified atom stereocenters. The van der Waals surface area contributed by atoms with Gasteiger partial charge in [0.2, 0.25) is 0 Å². The van der Waals surface area contributed by atoms with E-state index in [1.54, 1.807) is 6.20 Å². The van der Waals surface area contributed by atoms with Gasteiger partial charge in [-0.25, -0.2) is 0 Å². The lowest BCUT2D eigenvalue weighted by molar-refractivity contribution is -0.00595. The van der Waals surface area contributed by atoms with Gasteiger partial charge in [0.05, 0.1) is 18.4 Å². The fraction of sp³-hybridized carbons (Fsp3) is 0.667. The molecule has 0 aromatic carbocycles. The van der Waals surface area contributed by atoms with Gasteiger partial charge in [-0.3, -0.25) is 4.98 Å². The van der Waals surface area contributed by atoms with Crippen LogP contribution in [0.25, 0.3) is 0 Å². The van der Waals surface area contributed by atoms with Gasteiger partial charge in [-0.2, -0.15) is 0 Å². The number of hydrogen-bond donors (Lipinski definition) is 1. The fourth-order valence-electron chi connectivity index (χ4n) is 2.53. The zero-order valence-electron chi connectivity index (χ0n) is 11.5. The number of aromatic nitrogens is 1. The van der Waals surface area contributed by atoms with Crippen LogP contribution in [-0.2, 0) is 17.9 Å². The van der Waals surface area contributed by atoms with E-state index in [0.29, 0.717) is 24.7 Å². The maximum atomic E-state index is 6.01. The number of rotatable bonds is 4. The van der Waals surface area contributed by atoms with E-state index in [1.165, 1.54) is 25.7 Å². The van der Waals surface area contributed by atoms with Crippen LogP contribution in [0, 0.1) is 5.41 Å². The summed E-state index contributed by atoms with van der Waals surface area (Å²) < 4.78 is 6.01. The molecule has 0 aliphatic heterocycles. The Kier molecular flexibility index (Phi) is 4.36. The van der Waals surface area contributed by atoms with E-state index < -0.39 is 0 Å². The monoisotopic (exact) mass is 248 g/mol. The lowest BCUT2D eigenvalue weighted by atomic mass is 9.76. The van der Waals surface area contributed by atoms with Crippen molar-refractivity contribution in [2.45, 2.75) is 58.8 Å². The summed E-state index contributed by atoms with van der Waals surface area (Å²) in [7, 11) is 0. The van der Waals surface area contributed by atoms with E-state index in [2.05, 4.69) is 24.9 Å². The van der Waals surface area contributed by atoms with Crippen molar-refractivity contribution >= 4 is 0 Å². The van der Waals surface area contributed by atoms with Crippen molar-refractivity contribution in [3.05, 3.63) is 29.6 Å². The molecule has 1 saturated carbocycles. The van der Waals surface area contributed by atoms with Gasteiger partial charge >= 0.3 is 0 Å². The molecule has 2 N–H and O–H groups in total. The van der Waals surface area contributed by atoms with Crippen LogP contribution in [0.3, 0.4) is 0 Å². The molecule has 0 radical (unpaired) electrons. The molecule has 0 atom stereocenters. The first-order valence-corrected chi connectivity index (χ1v) is 6.85. The molecule has 1 aromatic heterocycles. The molecular weight excluding hydrogens is 224 g/mol. The highest BCUT2D eigenvalue weighted by molar-refractivity contribution is 5.18. The van der Waals surface area contributed by atoms with Gasteiger partial charge in [-0.05, 0) is 37.2 Å². The van der Waals surface area contributed by atoms with Crippen molar-refractivity contribution in [1.82, 2.24) is 4.98 Å². The molecule has 0 saturated heterocycles. The van der Waals surface area contributed by atoms with Gasteiger partial charge in [0, 0.05) is 18.3 Å². The summed E-state index contributed by atoms with van der Waals surface area (Å²) in [6.07, 6.45) is 7.05. The summed E-state index contributed by atoms with van der Waals surface area (Å²) in [5.74, 6) is 0. The minimum atomic E-state index is 0.406. The van der Waals surface area contributed by atoms with Crippen molar-refractivity contribution in [3.63, 3.8) is 0 Å². The Labute approximate surface area is 110 Å². The maximum absolute atomic E-state index is 6.01. The Balaban J connectivity index is 1.85. The predicted molar refractivity (Wildman–Crippen MR) is 73.0 cm³/mol. The Morgan fingerprint density at radius 3 is 2.78 bits per heavy atom. The highest BCUT2D eigenvalue weighted by Gasteiger charge is 2.27. The van der Waals surface area contributed by atoms with Crippen LogP contribution in [0.1, 0.15) is 50.8 Å². The van der Waals surface area contributed by atoms with Crippen molar-refractivity contribution < 1.29 is 4.74 Å². The number of pyridine rings is 1. The third kappa shape index (κ3) is 3.53. The predicted octanol–water partition coefficient (Wildman–Crippen LogP) is 3.03. The maximum Gasteiger partial charge on any atom is 0.0738 e. The minimum absolute atomic E-state index is 0.406. The summed E-state index contributed by atoms with van der Waals surface area (Å²) >= 11 is 0. The number of nitrogens with zero attached hydrogens (tertiary/aromatic N) is 1. The molecule has 0 amide bonds. The Morgan fingerprint density at radius 1 is 1.39 bits per heavy atom. The second kappa shape index (κ2) is 5.81. The Morgan fingerprint density at radius 2 is 2.11 bits per heavy atom. The molecule has 1 fully saturated rings. The Bertz CT molecular complexity index is 380. The second-order valence-corrected chi connectivity index (χ2v) is 5.99. The molecule has 0 spiro atoms. The summed E-state index contributed by atoms with van der Waals surface area (Å²) in [6, 6.07) is 4.00. The lowest BCUT2D eigenvalue weighted by Gasteiger charge is -2.34. The first-order valence-electron chi connectivity index (χ1n) is 6.85. The smallest absolute Gasteiger partial charge is 0.0738 e. The molecule has 1 aliphatic rings. The quantitative estimate of drug-likeness (QED) is 0.891. The molecule has 2 rings (SSSR count). The van der Waals surface area contributed by atoms with Crippen LogP contribution in [0.4, 0.5) is 0 Å². The molecule has 0 bridgehead atoms. The summed E-state index contributed by atoms with van der Waals surface area (Å²) in [6.45, 7) is 5.82.